The zero-order valence-corrected chi connectivity index (χ0v) is 8.84. The molecular weight excluding hydrogens is 218 g/mol. The fourth-order valence-corrected chi connectivity index (χ4v) is 1.37. The maximum atomic E-state index is 5.57. The number of hydrogen-bond acceptors (Lipinski definition) is 2. The Bertz CT molecular complexity index is 225. The van der Waals surface area contributed by atoms with E-state index in [1.165, 1.54) is 19.3 Å². The number of aryl methyl sites for hydroxylation is 1. The van der Waals surface area contributed by atoms with Crippen LogP contribution in [0, 0.1) is 0 Å². The number of hydrogen-bond donors (Lipinski definition) is 1. The van der Waals surface area contributed by atoms with Gasteiger partial charge in [-0.3, -0.25) is 4.68 Å². The molecule has 0 aliphatic rings. The minimum absolute atomic E-state index is 0.575. The van der Waals surface area contributed by atoms with Gasteiger partial charge in [-0.25, -0.2) is 0 Å². The summed E-state index contributed by atoms with van der Waals surface area (Å²) in [4.78, 5) is 0. The summed E-state index contributed by atoms with van der Waals surface area (Å²) in [6.45, 7) is 3.15. The van der Waals surface area contributed by atoms with Crippen LogP contribution in [-0.2, 0) is 6.54 Å². The van der Waals surface area contributed by atoms with E-state index in [2.05, 4.69) is 28.0 Å². The van der Waals surface area contributed by atoms with E-state index in [1.54, 1.807) is 0 Å². The van der Waals surface area contributed by atoms with Gasteiger partial charge in [0, 0.05) is 12.7 Å². The Kier molecular flexibility index (Phi) is 3.59. The third kappa shape index (κ3) is 2.52. The van der Waals surface area contributed by atoms with E-state index in [9.17, 15) is 0 Å². The highest BCUT2D eigenvalue weighted by Crippen LogP contribution is 2.16. The monoisotopic (exact) mass is 231 g/mol. The van der Waals surface area contributed by atoms with Gasteiger partial charge in [-0.15, -0.1) is 0 Å². The van der Waals surface area contributed by atoms with Gasteiger partial charge in [0.1, 0.15) is 0 Å². The summed E-state index contributed by atoms with van der Waals surface area (Å²) in [5.41, 5.74) is 5.57. The molecule has 0 atom stereocenters. The number of aromatic nitrogens is 2. The predicted octanol–water partition coefficient (Wildman–Crippen LogP) is 2.42. The van der Waals surface area contributed by atoms with Gasteiger partial charge >= 0.3 is 0 Å². The molecule has 1 heterocycles. The summed E-state index contributed by atoms with van der Waals surface area (Å²) >= 11 is 3.32. The summed E-state index contributed by atoms with van der Waals surface area (Å²) in [5.74, 6) is 0.575. The molecule has 3 nitrogen and oxygen atoms in total. The number of rotatable bonds is 4. The number of anilines is 1. The van der Waals surface area contributed by atoms with E-state index in [1.807, 2.05) is 10.9 Å². The van der Waals surface area contributed by atoms with E-state index >= 15 is 0 Å². The molecule has 0 radical (unpaired) electrons. The normalized spacial score (nSPS) is 10.5. The number of nitrogen functional groups attached to an aromatic ring is 1. The number of nitrogens with two attached hydrogens (primary N) is 1. The van der Waals surface area contributed by atoms with Crippen molar-refractivity contribution in [1.29, 1.82) is 0 Å². The van der Waals surface area contributed by atoms with Crippen LogP contribution in [0.25, 0.3) is 0 Å². The summed E-state index contributed by atoms with van der Waals surface area (Å²) in [6, 6.07) is 0. The Morgan fingerprint density at radius 1 is 1.58 bits per heavy atom. The van der Waals surface area contributed by atoms with Gasteiger partial charge < -0.3 is 5.73 Å². The third-order valence-corrected chi connectivity index (χ3v) is 2.34. The molecule has 1 rings (SSSR count). The van der Waals surface area contributed by atoms with Crippen LogP contribution in [-0.4, -0.2) is 9.78 Å². The second-order valence-corrected chi connectivity index (χ2v) is 3.69. The van der Waals surface area contributed by atoms with Crippen molar-refractivity contribution in [2.24, 2.45) is 0 Å². The van der Waals surface area contributed by atoms with E-state index < -0.39 is 0 Å². The lowest BCUT2D eigenvalue weighted by Crippen LogP contribution is -1.99. The molecular formula is C8H14BrN3. The Morgan fingerprint density at radius 3 is 2.83 bits per heavy atom. The van der Waals surface area contributed by atoms with Crippen molar-refractivity contribution in [3.63, 3.8) is 0 Å². The zero-order valence-electron chi connectivity index (χ0n) is 7.26. The summed E-state index contributed by atoms with van der Waals surface area (Å²) in [5, 5.41) is 4.13. The largest absolute Gasteiger partial charge is 0.381 e. The van der Waals surface area contributed by atoms with Crippen LogP contribution in [0.1, 0.15) is 26.2 Å². The molecule has 0 spiro atoms. The summed E-state index contributed by atoms with van der Waals surface area (Å²) < 4.78 is 2.77. The molecule has 0 aliphatic carbocycles. The topological polar surface area (TPSA) is 43.8 Å². The maximum Gasteiger partial charge on any atom is 0.159 e. The minimum Gasteiger partial charge on any atom is -0.381 e. The predicted molar refractivity (Wildman–Crippen MR) is 53.9 cm³/mol. The van der Waals surface area contributed by atoms with Crippen LogP contribution in [0.3, 0.4) is 0 Å². The van der Waals surface area contributed by atoms with Crippen molar-refractivity contribution < 1.29 is 0 Å². The van der Waals surface area contributed by atoms with Crippen LogP contribution < -0.4 is 5.73 Å². The highest BCUT2D eigenvalue weighted by atomic mass is 79.9. The second kappa shape index (κ2) is 4.50. The second-order valence-electron chi connectivity index (χ2n) is 2.83. The van der Waals surface area contributed by atoms with Crippen LogP contribution in [0.15, 0.2) is 10.7 Å². The van der Waals surface area contributed by atoms with Gasteiger partial charge in [0.25, 0.3) is 0 Å². The first-order valence-electron chi connectivity index (χ1n) is 4.22. The quantitative estimate of drug-likeness (QED) is 0.810. The average molecular weight is 232 g/mol. The highest BCUT2D eigenvalue weighted by molar-refractivity contribution is 9.10. The molecule has 0 bridgehead atoms. The van der Waals surface area contributed by atoms with Crippen LogP contribution in [0.2, 0.25) is 0 Å². The SMILES string of the molecule is CCCCCn1cc(Br)c(N)n1. The molecule has 0 amide bonds. The van der Waals surface area contributed by atoms with Crippen LogP contribution in [0.5, 0.6) is 0 Å². The first-order chi connectivity index (χ1) is 5.74. The Morgan fingerprint density at radius 2 is 2.33 bits per heavy atom. The van der Waals surface area contributed by atoms with Crippen molar-refractivity contribution >= 4 is 21.7 Å². The highest BCUT2D eigenvalue weighted by Gasteiger charge is 2.00. The minimum atomic E-state index is 0.575. The molecule has 0 fully saturated rings. The van der Waals surface area contributed by atoms with Crippen molar-refractivity contribution in [2.45, 2.75) is 32.7 Å². The summed E-state index contributed by atoms with van der Waals surface area (Å²) in [7, 11) is 0. The lowest BCUT2D eigenvalue weighted by molar-refractivity contribution is 0.554. The fraction of sp³-hybridized carbons (Fsp3) is 0.625. The van der Waals surface area contributed by atoms with Crippen molar-refractivity contribution in [1.82, 2.24) is 9.78 Å². The van der Waals surface area contributed by atoms with Gasteiger partial charge in [-0.2, -0.15) is 5.10 Å². The first kappa shape index (κ1) is 9.58. The smallest absolute Gasteiger partial charge is 0.159 e. The van der Waals surface area contributed by atoms with Gasteiger partial charge in [0.2, 0.25) is 0 Å². The van der Waals surface area contributed by atoms with Crippen LogP contribution >= 0.6 is 15.9 Å². The molecule has 1 aromatic heterocycles. The molecule has 68 valence electrons. The van der Waals surface area contributed by atoms with E-state index in [0.29, 0.717) is 5.82 Å². The molecule has 0 unspecified atom stereocenters. The van der Waals surface area contributed by atoms with Gasteiger partial charge in [0.05, 0.1) is 4.47 Å². The molecule has 0 aliphatic heterocycles. The maximum absolute atomic E-state index is 5.57. The number of unbranched alkanes of at least 4 members (excludes halogenated alkanes) is 2. The third-order valence-electron chi connectivity index (χ3n) is 1.73. The van der Waals surface area contributed by atoms with Crippen molar-refractivity contribution in [2.75, 3.05) is 5.73 Å². The molecule has 0 aromatic carbocycles. The fourth-order valence-electron chi connectivity index (χ4n) is 1.05. The zero-order chi connectivity index (χ0) is 8.97. The van der Waals surface area contributed by atoms with Gasteiger partial charge in [-0.05, 0) is 22.4 Å². The molecule has 4 heteroatoms. The average Bonchev–Trinajstić information content (AvgIpc) is 2.32. The van der Waals surface area contributed by atoms with E-state index in [0.717, 1.165) is 11.0 Å². The van der Waals surface area contributed by atoms with E-state index in [-0.39, 0.29) is 0 Å². The standard InChI is InChI=1S/C8H14BrN3/c1-2-3-4-5-12-6-7(9)8(10)11-12/h6H,2-5H2,1H3,(H2,10,11). The van der Waals surface area contributed by atoms with E-state index in [4.69, 9.17) is 5.73 Å². The Balaban J connectivity index is 2.42. The summed E-state index contributed by atoms with van der Waals surface area (Å²) in [6.07, 6.45) is 5.57. The molecule has 0 saturated heterocycles. The molecule has 0 saturated carbocycles. The van der Waals surface area contributed by atoms with Crippen LogP contribution in [0.4, 0.5) is 5.82 Å². The molecule has 12 heavy (non-hydrogen) atoms. The molecule has 2 N–H and O–H groups in total. The Labute approximate surface area is 81.1 Å². The number of halogens is 1. The lowest BCUT2D eigenvalue weighted by atomic mass is 10.2. The molecule has 1 aromatic rings. The lowest BCUT2D eigenvalue weighted by Gasteiger charge is -1.98. The first-order valence-corrected chi connectivity index (χ1v) is 5.01. The van der Waals surface area contributed by atoms with Crippen molar-refractivity contribution in [3.05, 3.63) is 10.7 Å². The van der Waals surface area contributed by atoms with Gasteiger partial charge in [-0.1, -0.05) is 19.8 Å². The number of nitrogens with zero attached hydrogens (tertiary/aromatic N) is 2. The van der Waals surface area contributed by atoms with Gasteiger partial charge in [0.15, 0.2) is 5.82 Å². The Hall–Kier alpha value is -0.510. The van der Waals surface area contributed by atoms with Crippen molar-refractivity contribution in [3.8, 4) is 0 Å².